The molecule has 0 aliphatic rings. The number of carbonyl (C=O) groups excluding carboxylic acids is 1. The summed E-state index contributed by atoms with van der Waals surface area (Å²) in [6.07, 6.45) is 0. The first-order valence-corrected chi connectivity index (χ1v) is 8.84. The van der Waals surface area contributed by atoms with Gasteiger partial charge in [0.25, 0.3) is 15.9 Å². The third kappa shape index (κ3) is 3.83. The first-order chi connectivity index (χ1) is 10.9. The van der Waals surface area contributed by atoms with Crippen LogP contribution in [0.5, 0.6) is 5.75 Å². The monoisotopic (exact) mass is 398 g/mol. The van der Waals surface area contributed by atoms with Gasteiger partial charge in [0.15, 0.2) is 0 Å². The van der Waals surface area contributed by atoms with Crippen LogP contribution in [0.4, 0.5) is 5.69 Å². The molecule has 0 radical (unpaired) electrons. The quantitative estimate of drug-likeness (QED) is 0.810. The molecule has 2 N–H and O–H groups in total. The number of sulfonamides is 1. The average molecular weight is 399 g/mol. The van der Waals surface area contributed by atoms with E-state index < -0.39 is 10.0 Å². The van der Waals surface area contributed by atoms with E-state index >= 15 is 0 Å². The van der Waals surface area contributed by atoms with Gasteiger partial charge in [0.2, 0.25) is 0 Å². The summed E-state index contributed by atoms with van der Waals surface area (Å²) < 4.78 is 33.1. The number of para-hydroxylation sites is 1. The Morgan fingerprint density at radius 3 is 2.48 bits per heavy atom. The molecule has 1 amide bonds. The minimum Gasteiger partial charge on any atom is -0.496 e. The molecule has 2 aromatic rings. The summed E-state index contributed by atoms with van der Waals surface area (Å²) in [6.45, 7) is 0. The van der Waals surface area contributed by atoms with E-state index in [0.717, 1.165) is 0 Å². The summed E-state index contributed by atoms with van der Waals surface area (Å²) in [6, 6.07) is 10.8. The fraction of sp³-hybridized carbons (Fsp3) is 0.133. The number of halogens is 1. The Bertz CT molecular complexity index is 837. The SMILES string of the molecule is CNC(=O)c1ccccc1NS(=O)(=O)c1ccc(OC)c(Br)c1. The molecule has 0 unspecified atom stereocenters. The highest BCUT2D eigenvalue weighted by atomic mass is 79.9. The molecule has 0 fully saturated rings. The van der Waals surface area contributed by atoms with E-state index in [1.165, 1.54) is 32.4 Å². The van der Waals surface area contributed by atoms with Crippen LogP contribution in [0.1, 0.15) is 10.4 Å². The van der Waals surface area contributed by atoms with Crippen LogP contribution in [0.25, 0.3) is 0 Å². The van der Waals surface area contributed by atoms with Gasteiger partial charge in [-0.15, -0.1) is 0 Å². The van der Waals surface area contributed by atoms with E-state index in [4.69, 9.17) is 4.74 Å². The second-order valence-electron chi connectivity index (χ2n) is 4.53. The van der Waals surface area contributed by atoms with Gasteiger partial charge in [-0.1, -0.05) is 12.1 Å². The molecule has 23 heavy (non-hydrogen) atoms. The van der Waals surface area contributed by atoms with Crippen molar-refractivity contribution in [3.8, 4) is 5.75 Å². The largest absolute Gasteiger partial charge is 0.496 e. The van der Waals surface area contributed by atoms with Crippen molar-refractivity contribution in [3.05, 3.63) is 52.5 Å². The molecule has 0 aliphatic carbocycles. The molecule has 122 valence electrons. The third-order valence-corrected chi connectivity index (χ3v) is 5.06. The Kier molecular flexibility index (Phi) is 5.27. The minimum absolute atomic E-state index is 0.0527. The second-order valence-corrected chi connectivity index (χ2v) is 7.06. The summed E-state index contributed by atoms with van der Waals surface area (Å²) in [5.74, 6) is 0.147. The van der Waals surface area contributed by atoms with Gasteiger partial charge in [-0.2, -0.15) is 0 Å². The molecule has 0 saturated carbocycles. The molecule has 0 heterocycles. The van der Waals surface area contributed by atoms with Crippen LogP contribution in [-0.2, 0) is 10.0 Å². The molecule has 6 nitrogen and oxygen atoms in total. The number of anilines is 1. The first kappa shape index (κ1) is 17.3. The maximum atomic E-state index is 12.5. The van der Waals surface area contributed by atoms with Crippen molar-refractivity contribution in [1.29, 1.82) is 0 Å². The van der Waals surface area contributed by atoms with Crippen molar-refractivity contribution >= 4 is 37.5 Å². The molecule has 0 atom stereocenters. The summed E-state index contributed by atoms with van der Waals surface area (Å²) in [4.78, 5) is 11.9. The predicted octanol–water partition coefficient (Wildman–Crippen LogP) is 2.62. The van der Waals surface area contributed by atoms with Gasteiger partial charge in [-0.3, -0.25) is 9.52 Å². The Balaban J connectivity index is 2.39. The van der Waals surface area contributed by atoms with E-state index in [9.17, 15) is 13.2 Å². The zero-order valence-electron chi connectivity index (χ0n) is 12.5. The molecule has 2 aromatic carbocycles. The molecule has 2 rings (SSSR count). The van der Waals surface area contributed by atoms with Gasteiger partial charge in [0, 0.05) is 7.05 Å². The van der Waals surface area contributed by atoms with Gasteiger partial charge >= 0.3 is 0 Å². The first-order valence-electron chi connectivity index (χ1n) is 6.56. The van der Waals surface area contributed by atoms with Crippen LogP contribution >= 0.6 is 15.9 Å². The maximum Gasteiger partial charge on any atom is 0.261 e. The van der Waals surface area contributed by atoms with E-state index in [1.807, 2.05) is 0 Å². The number of methoxy groups -OCH3 is 1. The lowest BCUT2D eigenvalue weighted by atomic mass is 10.2. The lowest BCUT2D eigenvalue weighted by Crippen LogP contribution is -2.21. The average Bonchev–Trinajstić information content (AvgIpc) is 2.54. The Labute approximate surface area is 143 Å². The van der Waals surface area contributed by atoms with Gasteiger partial charge in [0.05, 0.1) is 27.7 Å². The number of nitrogens with one attached hydrogen (secondary N) is 2. The van der Waals surface area contributed by atoms with Gasteiger partial charge < -0.3 is 10.1 Å². The number of ether oxygens (including phenoxy) is 1. The van der Waals surface area contributed by atoms with Crippen LogP contribution in [0.15, 0.2) is 51.8 Å². The zero-order chi connectivity index (χ0) is 17.0. The van der Waals surface area contributed by atoms with Crippen molar-refractivity contribution in [3.63, 3.8) is 0 Å². The number of benzene rings is 2. The van der Waals surface area contributed by atoms with Crippen molar-refractivity contribution < 1.29 is 17.9 Å². The number of hydrogen-bond acceptors (Lipinski definition) is 4. The maximum absolute atomic E-state index is 12.5. The minimum atomic E-state index is -3.84. The number of amides is 1. The third-order valence-electron chi connectivity index (χ3n) is 3.08. The molecule has 0 aromatic heterocycles. The lowest BCUT2D eigenvalue weighted by molar-refractivity contribution is 0.0964. The molecular formula is C15H15BrN2O4S. The second kappa shape index (κ2) is 7.01. The van der Waals surface area contributed by atoms with Crippen LogP contribution in [0.2, 0.25) is 0 Å². The fourth-order valence-electron chi connectivity index (χ4n) is 1.92. The van der Waals surface area contributed by atoms with Crippen molar-refractivity contribution in [2.24, 2.45) is 0 Å². The highest BCUT2D eigenvalue weighted by Gasteiger charge is 2.19. The summed E-state index contributed by atoms with van der Waals surface area (Å²) in [5, 5.41) is 2.47. The van der Waals surface area contributed by atoms with Gasteiger partial charge in [0.1, 0.15) is 5.75 Å². The van der Waals surface area contributed by atoms with Crippen molar-refractivity contribution in [1.82, 2.24) is 5.32 Å². The van der Waals surface area contributed by atoms with E-state index in [2.05, 4.69) is 26.0 Å². The highest BCUT2D eigenvalue weighted by molar-refractivity contribution is 9.10. The molecule has 0 spiro atoms. The topological polar surface area (TPSA) is 84.5 Å². The Morgan fingerprint density at radius 1 is 1.17 bits per heavy atom. The van der Waals surface area contributed by atoms with Crippen LogP contribution in [0.3, 0.4) is 0 Å². The van der Waals surface area contributed by atoms with Crippen LogP contribution in [-0.4, -0.2) is 28.5 Å². The predicted molar refractivity (Wildman–Crippen MR) is 91.3 cm³/mol. The fourth-order valence-corrected chi connectivity index (χ4v) is 3.72. The Morgan fingerprint density at radius 2 is 1.87 bits per heavy atom. The van der Waals surface area contributed by atoms with Gasteiger partial charge in [-0.25, -0.2) is 8.42 Å². The van der Waals surface area contributed by atoms with Crippen molar-refractivity contribution in [2.45, 2.75) is 4.90 Å². The smallest absolute Gasteiger partial charge is 0.261 e. The van der Waals surface area contributed by atoms with Gasteiger partial charge in [-0.05, 0) is 46.3 Å². The van der Waals surface area contributed by atoms with E-state index in [1.54, 1.807) is 24.3 Å². The summed E-state index contributed by atoms with van der Waals surface area (Å²) >= 11 is 3.25. The number of hydrogen-bond donors (Lipinski definition) is 2. The van der Waals surface area contributed by atoms with Crippen LogP contribution in [0, 0.1) is 0 Å². The molecular weight excluding hydrogens is 384 g/mol. The van der Waals surface area contributed by atoms with Crippen LogP contribution < -0.4 is 14.8 Å². The van der Waals surface area contributed by atoms with E-state index in [-0.39, 0.29) is 22.1 Å². The molecule has 8 heteroatoms. The standard InChI is InChI=1S/C15H15BrN2O4S/c1-17-15(19)11-5-3-4-6-13(11)18-23(20,21)10-7-8-14(22-2)12(16)9-10/h3-9,18H,1-2H3,(H,17,19). The lowest BCUT2D eigenvalue weighted by Gasteiger charge is -2.12. The Hall–Kier alpha value is -2.06. The molecule has 0 aliphatic heterocycles. The summed E-state index contributed by atoms with van der Waals surface area (Å²) in [7, 11) is -0.868. The summed E-state index contributed by atoms with van der Waals surface area (Å²) in [5.41, 5.74) is 0.449. The zero-order valence-corrected chi connectivity index (χ0v) is 14.9. The highest BCUT2D eigenvalue weighted by Crippen LogP contribution is 2.28. The molecule has 0 saturated heterocycles. The number of rotatable bonds is 5. The number of carbonyl (C=O) groups is 1. The van der Waals surface area contributed by atoms with E-state index in [0.29, 0.717) is 10.2 Å². The van der Waals surface area contributed by atoms with Crippen molar-refractivity contribution in [2.75, 3.05) is 18.9 Å². The molecule has 0 bridgehead atoms. The normalized spacial score (nSPS) is 10.9.